The van der Waals surface area contributed by atoms with Gasteiger partial charge in [-0.2, -0.15) is 0 Å². The van der Waals surface area contributed by atoms with Crippen LogP contribution >= 0.6 is 23.8 Å². The second kappa shape index (κ2) is 4.80. The van der Waals surface area contributed by atoms with E-state index in [1.54, 1.807) is 30.3 Å². The zero-order chi connectivity index (χ0) is 13.3. The van der Waals surface area contributed by atoms with Gasteiger partial charge in [-0.1, -0.05) is 23.7 Å². The van der Waals surface area contributed by atoms with E-state index >= 15 is 0 Å². The average molecular weight is 280 g/mol. The highest BCUT2D eigenvalue weighted by Crippen LogP contribution is 2.22. The lowest BCUT2D eigenvalue weighted by Gasteiger charge is -2.09. The van der Waals surface area contributed by atoms with Gasteiger partial charge in [0.25, 0.3) is 5.91 Å². The topological polar surface area (TPSA) is 72.3 Å². The number of hydrogen-bond donors (Lipinski definition) is 2. The van der Waals surface area contributed by atoms with E-state index in [0.29, 0.717) is 16.3 Å². The Labute approximate surface area is 114 Å². The maximum absolute atomic E-state index is 12.0. The number of nitrogens with zero attached hydrogens (tertiary/aromatic N) is 1. The van der Waals surface area contributed by atoms with Crippen molar-refractivity contribution in [2.45, 2.75) is 0 Å². The molecule has 0 fully saturated rings. The summed E-state index contributed by atoms with van der Waals surface area (Å²) in [5.41, 5.74) is 12.7. The highest BCUT2D eigenvalue weighted by molar-refractivity contribution is 7.80. The number of carbonyl (C=O) groups excluding carboxylic acids is 1. The van der Waals surface area contributed by atoms with Gasteiger partial charge >= 0.3 is 0 Å². The Bertz CT molecular complexity index is 577. The molecule has 0 saturated heterocycles. The van der Waals surface area contributed by atoms with Crippen molar-refractivity contribution >= 4 is 40.9 Å². The number of halogens is 1. The van der Waals surface area contributed by atoms with Crippen LogP contribution in [0, 0.1) is 0 Å². The highest BCUT2D eigenvalue weighted by atomic mass is 35.5. The number of rotatable bonds is 1. The molecule has 1 aliphatic heterocycles. The molecule has 0 saturated carbocycles. The molecule has 0 bridgehead atoms. The van der Waals surface area contributed by atoms with Gasteiger partial charge < -0.3 is 11.5 Å². The summed E-state index contributed by atoms with van der Waals surface area (Å²) >= 11 is 10.5. The van der Waals surface area contributed by atoms with Crippen molar-refractivity contribution in [2.24, 2.45) is 11.5 Å². The van der Waals surface area contributed by atoms with Crippen molar-refractivity contribution in [3.05, 3.63) is 52.3 Å². The minimum absolute atomic E-state index is 0.0255. The Morgan fingerprint density at radius 1 is 1.33 bits per heavy atom. The summed E-state index contributed by atoms with van der Waals surface area (Å²) in [6, 6.07) is 7.05. The number of thiocarbonyl (C=S) groups is 1. The molecular weight excluding hydrogens is 270 g/mol. The highest BCUT2D eigenvalue weighted by Gasteiger charge is 2.27. The Hall–Kier alpha value is -1.85. The summed E-state index contributed by atoms with van der Waals surface area (Å²) in [6.07, 6.45) is 3.09. The fraction of sp³-hybridized carbons (Fsp3) is 0. The molecule has 92 valence electrons. The van der Waals surface area contributed by atoms with Crippen LogP contribution in [0.3, 0.4) is 0 Å². The van der Waals surface area contributed by atoms with E-state index in [-0.39, 0.29) is 11.0 Å². The largest absolute Gasteiger partial charge is 0.397 e. The van der Waals surface area contributed by atoms with Crippen LogP contribution in [0.4, 0.5) is 0 Å². The van der Waals surface area contributed by atoms with E-state index in [0.717, 1.165) is 10.5 Å². The smallest absolute Gasteiger partial charge is 0.266 e. The van der Waals surface area contributed by atoms with Gasteiger partial charge in [0.05, 0.1) is 11.3 Å². The summed E-state index contributed by atoms with van der Waals surface area (Å²) in [5.74, 6) is -0.324. The van der Waals surface area contributed by atoms with E-state index < -0.39 is 0 Å². The third-order valence-corrected chi connectivity index (χ3v) is 2.90. The molecule has 1 heterocycles. The van der Waals surface area contributed by atoms with Crippen LogP contribution in [0.1, 0.15) is 5.56 Å². The lowest BCUT2D eigenvalue weighted by molar-refractivity contribution is -0.120. The zero-order valence-electron chi connectivity index (χ0n) is 9.26. The molecule has 1 aliphatic rings. The van der Waals surface area contributed by atoms with Gasteiger partial charge in [0, 0.05) is 11.2 Å². The fourth-order valence-electron chi connectivity index (χ4n) is 1.55. The first-order valence-electron chi connectivity index (χ1n) is 5.07. The normalized spacial score (nSPS) is 17.2. The van der Waals surface area contributed by atoms with Crippen molar-refractivity contribution in [2.75, 3.05) is 0 Å². The molecule has 1 aromatic rings. The quantitative estimate of drug-likeness (QED) is 0.605. The van der Waals surface area contributed by atoms with Gasteiger partial charge in [-0.15, -0.1) is 0 Å². The number of nitrogens with two attached hydrogens (primary N) is 2. The molecule has 0 aromatic heterocycles. The van der Waals surface area contributed by atoms with Crippen LogP contribution in [0.2, 0.25) is 5.02 Å². The van der Waals surface area contributed by atoms with Gasteiger partial charge in [-0.25, -0.2) is 0 Å². The third-order valence-electron chi connectivity index (χ3n) is 2.45. The molecule has 2 rings (SSSR count). The lowest BCUT2D eigenvalue weighted by Crippen LogP contribution is -2.33. The standard InChI is InChI=1S/C12H10ClN3OS/c13-8-3-1-7(2-4-8)5-9-10(14)6-16(11(9)17)12(15)18/h1-6H,14H2,(H2,15,18)/b9-5-. The monoisotopic (exact) mass is 279 g/mol. The van der Waals surface area contributed by atoms with Crippen LogP contribution in [-0.2, 0) is 4.79 Å². The average Bonchev–Trinajstić information content (AvgIpc) is 2.60. The van der Waals surface area contributed by atoms with Crippen LogP contribution in [0.25, 0.3) is 6.08 Å². The van der Waals surface area contributed by atoms with Crippen molar-refractivity contribution in [1.29, 1.82) is 0 Å². The van der Waals surface area contributed by atoms with Crippen LogP contribution < -0.4 is 11.5 Å². The molecule has 0 unspecified atom stereocenters. The number of carbonyl (C=O) groups is 1. The maximum atomic E-state index is 12.0. The van der Waals surface area contributed by atoms with Crippen molar-refractivity contribution < 1.29 is 4.79 Å². The van der Waals surface area contributed by atoms with Gasteiger partial charge in [0.1, 0.15) is 0 Å². The second-order valence-electron chi connectivity index (χ2n) is 3.71. The Morgan fingerprint density at radius 2 is 1.94 bits per heavy atom. The van der Waals surface area contributed by atoms with E-state index in [2.05, 4.69) is 0 Å². The number of hydrogen-bond acceptors (Lipinski definition) is 3. The Morgan fingerprint density at radius 3 is 2.44 bits per heavy atom. The SMILES string of the molecule is NC(=S)N1C=C(N)/C(=C/c2ccc(Cl)cc2)C1=O. The van der Waals surface area contributed by atoms with Crippen LogP contribution in [-0.4, -0.2) is 15.9 Å². The minimum Gasteiger partial charge on any atom is -0.397 e. The zero-order valence-corrected chi connectivity index (χ0v) is 10.8. The van der Waals surface area contributed by atoms with Gasteiger partial charge in [-0.05, 0) is 36.0 Å². The lowest BCUT2D eigenvalue weighted by atomic mass is 10.1. The molecule has 0 atom stereocenters. The van der Waals surface area contributed by atoms with E-state index in [1.807, 2.05) is 0 Å². The molecule has 0 aliphatic carbocycles. The van der Waals surface area contributed by atoms with Crippen molar-refractivity contribution in [3.8, 4) is 0 Å². The first-order valence-corrected chi connectivity index (χ1v) is 5.85. The van der Waals surface area contributed by atoms with Gasteiger partial charge in [-0.3, -0.25) is 9.69 Å². The summed E-state index contributed by atoms with van der Waals surface area (Å²) in [5, 5.41) is 0.602. The molecule has 0 spiro atoms. The fourth-order valence-corrected chi connectivity index (χ4v) is 1.82. The van der Waals surface area contributed by atoms with Gasteiger partial charge in [0.15, 0.2) is 5.11 Å². The molecular formula is C12H10ClN3OS. The van der Waals surface area contributed by atoms with Gasteiger partial charge in [0.2, 0.25) is 0 Å². The predicted octanol–water partition coefficient (Wildman–Crippen LogP) is 1.61. The summed E-state index contributed by atoms with van der Waals surface area (Å²) < 4.78 is 0. The Balaban J connectivity index is 2.35. The Kier molecular flexibility index (Phi) is 3.36. The predicted molar refractivity (Wildman–Crippen MR) is 75.3 cm³/mol. The molecule has 4 nitrogen and oxygen atoms in total. The number of amides is 1. The van der Waals surface area contributed by atoms with Crippen LogP contribution in [0.15, 0.2) is 41.7 Å². The maximum Gasteiger partial charge on any atom is 0.266 e. The van der Waals surface area contributed by atoms with Crippen molar-refractivity contribution in [3.63, 3.8) is 0 Å². The molecule has 18 heavy (non-hydrogen) atoms. The summed E-state index contributed by atoms with van der Waals surface area (Å²) in [4.78, 5) is 13.1. The summed E-state index contributed by atoms with van der Waals surface area (Å²) in [6.45, 7) is 0. The first kappa shape index (κ1) is 12.6. The first-order chi connectivity index (χ1) is 8.49. The second-order valence-corrected chi connectivity index (χ2v) is 4.56. The summed E-state index contributed by atoms with van der Waals surface area (Å²) in [7, 11) is 0. The third kappa shape index (κ3) is 2.37. The number of benzene rings is 1. The van der Waals surface area contributed by atoms with E-state index in [4.69, 9.17) is 35.3 Å². The van der Waals surface area contributed by atoms with Crippen molar-refractivity contribution in [1.82, 2.24) is 4.90 Å². The van der Waals surface area contributed by atoms with E-state index in [9.17, 15) is 4.79 Å². The minimum atomic E-state index is -0.324. The molecule has 1 amide bonds. The molecule has 4 N–H and O–H groups in total. The van der Waals surface area contributed by atoms with E-state index in [1.165, 1.54) is 6.20 Å². The van der Waals surface area contributed by atoms with Crippen LogP contribution in [0.5, 0.6) is 0 Å². The molecule has 6 heteroatoms. The molecule has 1 aromatic carbocycles. The molecule has 0 radical (unpaired) electrons.